The van der Waals surface area contributed by atoms with E-state index in [0.29, 0.717) is 41.2 Å². The average molecular weight is 545 g/mol. The SMILES string of the molecule is C=CC[C@]1(C(=O)NNCc2ccccc2F)N=C(c2ccc(OCCCO)cc2)O[C@H]1c1ccccc1N=[N+]=[N-]. The number of carbonyl (C=O) groups is 1. The number of carbonyl (C=O) groups excluding carboxylic acids is 1. The summed E-state index contributed by atoms with van der Waals surface area (Å²) in [5.41, 5.74) is 14.8. The number of rotatable bonds is 13. The molecule has 1 amide bonds. The molecule has 206 valence electrons. The largest absolute Gasteiger partial charge is 0.494 e. The van der Waals surface area contributed by atoms with E-state index in [0.717, 1.165) is 0 Å². The Balaban J connectivity index is 1.68. The van der Waals surface area contributed by atoms with Crippen LogP contribution in [0.15, 0.2) is 95.6 Å². The Bertz CT molecular complexity index is 1420. The Hall–Kier alpha value is -4.70. The van der Waals surface area contributed by atoms with E-state index >= 15 is 0 Å². The van der Waals surface area contributed by atoms with Gasteiger partial charge in [-0.3, -0.25) is 10.2 Å². The molecule has 10 nitrogen and oxygen atoms in total. The standard InChI is InChI=1S/C29H29FN6O4/c1-2-16-29(28(38)35-32-19-21-8-3-5-10-24(21)30)26(23-9-4-6-11-25(23)34-36-31)40-27(33-29)20-12-14-22(15-13-20)39-18-7-17-37/h2-6,8-15,26,32,37H,1,7,16-19H2,(H,35,38)/t26-,29-/m0/s1. The van der Waals surface area contributed by atoms with Crippen molar-refractivity contribution in [2.45, 2.75) is 31.0 Å². The van der Waals surface area contributed by atoms with Crippen molar-refractivity contribution < 1.29 is 23.8 Å². The normalized spacial score (nSPS) is 17.8. The van der Waals surface area contributed by atoms with Gasteiger partial charge >= 0.3 is 0 Å². The number of amides is 1. The number of hydrogen-bond donors (Lipinski definition) is 3. The highest BCUT2D eigenvalue weighted by atomic mass is 19.1. The molecule has 40 heavy (non-hydrogen) atoms. The van der Waals surface area contributed by atoms with Crippen molar-refractivity contribution in [2.75, 3.05) is 13.2 Å². The Morgan fingerprint density at radius 3 is 2.67 bits per heavy atom. The second-order valence-corrected chi connectivity index (χ2v) is 8.93. The molecular formula is C29H29FN6O4. The third-order valence-electron chi connectivity index (χ3n) is 6.30. The van der Waals surface area contributed by atoms with Crippen LogP contribution in [0.25, 0.3) is 10.4 Å². The summed E-state index contributed by atoms with van der Waals surface area (Å²) in [7, 11) is 0. The van der Waals surface area contributed by atoms with E-state index in [1.807, 2.05) is 0 Å². The topological polar surface area (TPSA) is 141 Å². The first-order valence-corrected chi connectivity index (χ1v) is 12.6. The predicted octanol–water partition coefficient (Wildman–Crippen LogP) is 5.18. The van der Waals surface area contributed by atoms with Gasteiger partial charge in [-0.05, 0) is 35.9 Å². The minimum atomic E-state index is -1.53. The van der Waals surface area contributed by atoms with Gasteiger partial charge in [0.25, 0.3) is 5.91 Å². The molecule has 0 radical (unpaired) electrons. The quantitative estimate of drug-likeness (QED) is 0.0679. The summed E-state index contributed by atoms with van der Waals surface area (Å²) in [5, 5.41) is 12.8. The molecule has 1 aliphatic rings. The molecular weight excluding hydrogens is 515 g/mol. The van der Waals surface area contributed by atoms with E-state index < -0.39 is 23.4 Å². The van der Waals surface area contributed by atoms with Gasteiger partial charge in [-0.2, -0.15) is 0 Å². The Morgan fingerprint density at radius 1 is 1.20 bits per heavy atom. The molecule has 3 aromatic rings. The summed E-state index contributed by atoms with van der Waals surface area (Å²) < 4.78 is 26.0. The minimum Gasteiger partial charge on any atom is -0.494 e. The Morgan fingerprint density at radius 2 is 1.95 bits per heavy atom. The predicted molar refractivity (Wildman–Crippen MR) is 148 cm³/mol. The molecule has 0 fully saturated rings. The zero-order chi connectivity index (χ0) is 28.4. The van der Waals surface area contributed by atoms with Crippen LogP contribution in [0.4, 0.5) is 10.1 Å². The zero-order valence-corrected chi connectivity index (χ0v) is 21.7. The van der Waals surface area contributed by atoms with Crippen LogP contribution in [0.2, 0.25) is 0 Å². The maximum Gasteiger partial charge on any atom is 0.266 e. The molecule has 1 aliphatic heterocycles. The van der Waals surface area contributed by atoms with Gasteiger partial charge in [0.2, 0.25) is 5.90 Å². The summed E-state index contributed by atoms with van der Waals surface area (Å²) in [6.07, 6.45) is 1.18. The van der Waals surface area contributed by atoms with Gasteiger partial charge < -0.3 is 14.6 Å². The second-order valence-electron chi connectivity index (χ2n) is 8.93. The third-order valence-corrected chi connectivity index (χ3v) is 6.30. The van der Waals surface area contributed by atoms with Crippen molar-refractivity contribution in [2.24, 2.45) is 10.1 Å². The highest BCUT2D eigenvalue weighted by Gasteiger charge is 2.53. The van der Waals surface area contributed by atoms with Crippen molar-refractivity contribution in [3.63, 3.8) is 0 Å². The summed E-state index contributed by atoms with van der Waals surface area (Å²) >= 11 is 0. The highest BCUT2D eigenvalue weighted by Crippen LogP contribution is 2.45. The van der Waals surface area contributed by atoms with Crippen LogP contribution in [0, 0.1) is 5.82 Å². The van der Waals surface area contributed by atoms with E-state index in [1.165, 1.54) is 6.07 Å². The molecule has 3 aromatic carbocycles. The Labute approximate surface area is 230 Å². The first-order valence-electron chi connectivity index (χ1n) is 12.6. The van der Waals surface area contributed by atoms with Gasteiger partial charge in [0.05, 0.1) is 6.61 Å². The number of hydrazine groups is 1. The number of aliphatic hydroxyl groups excluding tert-OH is 1. The lowest BCUT2D eigenvalue weighted by Crippen LogP contribution is -2.52. The maximum atomic E-state index is 14.1. The molecule has 3 N–H and O–H groups in total. The maximum absolute atomic E-state index is 14.1. The fraction of sp³-hybridized carbons (Fsp3) is 0.241. The number of hydrogen-bond acceptors (Lipinski definition) is 7. The first kappa shape index (κ1) is 28.3. The summed E-state index contributed by atoms with van der Waals surface area (Å²) in [6.45, 7) is 4.27. The average Bonchev–Trinajstić information content (AvgIpc) is 3.35. The minimum absolute atomic E-state index is 0.0318. The van der Waals surface area contributed by atoms with Gasteiger partial charge in [0, 0.05) is 53.3 Å². The molecule has 11 heteroatoms. The Kier molecular flexibility index (Phi) is 9.48. The number of aliphatic imine (C=N–C) groups is 1. The van der Waals surface area contributed by atoms with Crippen molar-refractivity contribution >= 4 is 17.5 Å². The zero-order valence-electron chi connectivity index (χ0n) is 21.7. The number of aliphatic hydroxyl groups is 1. The van der Waals surface area contributed by atoms with Gasteiger partial charge in [-0.25, -0.2) is 14.8 Å². The number of nitrogens with zero attached hydrogens (tertiary/aromatic N) is 4. The summed E-state index contributed by atoms with van der Waals surface area (Å²) in [5.74, 6) is -0.134. The van der Waals surface area contributed by atoms with Crippen LogP contribution in [0.5, 0.6) is 5.75 Å². The molecule has 0 saturated heterocycles. The number of benzene rings is 3. The number of ether oxygens (including phenoxy) is 2. The third kappa shape index (κ3) is 6.29. The van der Waals surface area contributed by atoms with Crippen molar-refractivity contribution in [1.29, 1.82) is 0 Å². The first-order chi connectivity index (χ1) is 19.5. The fourth-order valence-electron chi connectivity index (χ4n) is 4.33. The number of azide groups is 1. The van der Waals surface area contributed by atoms with Gasteiger partial charge in [0.1, 0.15) is 11.6 Å². The molecule has 1 heterocycles. The fourth-order valence-corrected chi connectivity index (χ4v) is 4.33. The number of nitrogens with one attached hydrogen (secondary N) is 2. The van der Waals surface area contributed by atoms with E-state index in [1.54, 1.807) is 72.8 Å². The smallest absolute Gasteiger partial charge is 0.266 e. The monoisotopic (exact) mass is 544 g/mol. The van der Waals surface area contributed by atoms with E-state index in [4.69, 9.17) is 25.1 Å². The van der Waals surface area contributed by atoms with Crippen molar-refractivity contribution in [1.82, 2.24) is 10.9 Å². The van der Waals surface area contributed by atoms with Gasteiger partial charge in [0.15, 0.2) is 11.6 Å². The van der Waals surface area contributed by atoms with E-state index in [9.17, 15) is 9.18 Å². The highest BCUT2D eigenvalue weighted by molar-refractivity contribution is 6.01. The molecule has 0 aliphatic carbocycles. The van der Waals surface area contributed by atoms with E-state index in [-0.39, 0.29) is 25.5 Å². The van der Waals surface area contributed by atoms with Crippen LogP contribution < -0.4 is 15.6 Å². The van der Waals surface area contributed by atoms with Crippen molar-refractivity contribution in [3.05, 3.63) is 118 Å². The van der Waals surface area contributed by atoms with Gasteiger partial charge in [-0.1, -0.05) is 53.7 Å². The lowest BCUT2D eigenvalue weighted by Gasteiger charge is -2.30. The van der Waals surface area contributed by atoms with Crippen LogP contribution in [0.1, 0.15) is 35.6 Å². The van der Waals surface area contributed by atoms with Crippen LogP contribution in [0.3, 0.4) is 0 Å². The molecule has 0 saturated carbocycles. The molecule has 0 spiro atoms. The lowest BCUT2D eigenvalue weighted by molar-refractivity contribution is -0.129. The number of halogens is 1. The second kappa shape index (κ2) is 13.4. The molecule has 0 aromatic heterocycles. The molecule has 0 unspecified atom stereocenters. The van der Waals surface area contributed by atoms with E-state index in [2.05, 4.69) is 27.5 Å². The molecule has 0 bridgehead atoms. The van der Waals surface area contributed by atoms with Gasteiger partial charge in [-0.15, -0.1) is 6.58 Å². The molecule has 2 atom stereocenters. The van der Waals surface area contributed by atoms with Crippen LogP contribution in [-0.4, -0.2) is 35.7 Å². The summed E-state index contributed by atoms with van der Waals surface area (Å²) in [6, 6.07) is 20.0. The van der Waals surface area contributed by atoms with Crippen molar-refractivity contribution in [3.8, 4) is 5.75 Å². The molecule has 4 rings (SSSR count). The summed E-state index contributed by atoms with van der Waals surface area (Å²) in [4.78, 5) is 21.5. The van der Waals surface area contributed by atoms with Crippen LogP contribution in [-0.2, 0) is 16.1 Å². The lowest BCUT2D eigenvalue weighted by atomic mass is 9.84. The van der Waals surface area contributed by atoms with Crippen LogP contribution >= 0.6 is 0 Å².